The van der Waals surface area contributed by atoms with E-state index in [9.17, 15) is 9.59 Å². The Balaban J connectivity index is 1.57. The first kappa shape index (κ1) is 20.2. The fourth-order valence-electron chi connectivity index (χ4n) is 3.47. The number of H-pyrrole nitrogens is 1. The van der Waals surface area contributed by atoms with Gasteiger partial charge in [-0.15, -0.1) is 0 Å². The molecule has 0 spiro atoms. The van der Waals surface area contributed by atoms with Gasteiger partial charge in [0, 0.05) is 6.04 Å². The van der Waals surface area contributed by atoms with Gasteiger partial charge in [0.2, 0.25) is 5.91 Å². The van der Waals surface area contributed by atoms with Gasteiger partial charge in [0.05, 0.1) is 28.9 Å². The number of hydrogen-bond acceptors (Lipinski definition) is 5. The Hall–Kier alpha value is -3.06. The molecule has 1 aliphatic rings. The molecule has 0 fully saturated rings. The molecule has 0 bridgehead atoms. The molecular formula is C22H22ClN3O4. The van der Waals surface area contributed by atoms with Gasteiger partial charge in [-0.3, -0.25) is 9.59 Å². The van der Waals surface area contributed by atoms with Crippen molar-refractivity contribution >= 4 is 28.4 Å². The van der Waals surface area contributed by atoms with Crippen molar-refractivity contribution < 1.29 is 14.3 Å². The summed E-state index contributed by atoms with van der Waals surface area (Å²) in [5.41, 5.74) is 1.12. The molecular weight excluding hydrogens is 406 g/mol. The molecule has 0 saturated carbocycles. The Kier molecular flexibility index (Phi) is 5.63. The molecule has 0 aliphatic carbocycles. The highest BCUT2D eigenvalue weighted by molar-refractivity contribution is 6.32. The first-order valence-electron chi connectivity index (χ1n) is 9.78. The van der Waals surface area contributed by atoms with Crippen LogP contribution in [0.15, 0.2) is 41.2 Å². The third kappa shape index (κ3) is 4.11. The molecule has 0 atom stereocenters. The molecule has 1 aliphatic heterocycles. The van der Waals surface area contributed by atoms with Crippen molar-refractivity contribution in [3.8, 4) is 11.5 Å². The Bertz CT molecular complexity index is 1160. The van der Waals surface area contributed by atoms with Crippen molar-refractivity contribution in [2.45, 2.75) is 32.9 Å². The van der Waals surface area contributed by atoms with Crippen molar-refractivity contribution in [2.75, 3.05) is 13.2 Å². The van der Waals surface area contributed by atoms with Crippen LogP contribution in [-0.2, 0) is 17.8 Å². The lowest BCUT2D eigenvalue weighted by Gasteiger charge is -2.27. The van der Waals surface area contributed by atoms with Crippen LogP contribution in [0.4, 0.5) is 0 Å². The third-order valence-electron chi connectivity index (χ3n) is 4.94. The second-order valence-corrected chi connectivity index (χ2v) is 7.83. The topological polar surface area (TPSA) is 84.5 Å². The molecule has 1 aromatic heterocycles. The average Bonchev–Trinajstić information content (AvgIpc) is 2.72. The summed E-state index contributed by atoms with van der Waals surface area (Å²) in [7, 11) is 0. The molecule has 0 saturated heterocycles. The number of nitrogens with one attached hydrogen (secondary N) is 1. The monoisotopic (exact) mass is 427 g/mol. The van der Waals surface area contributed by atoms with Gasteiger partial charge in [-0.05, 0) is 43.7 Å². The minimum atomic E-state index is -0.217. The number of fused-ring (bicyclic) bond motifs is 2. The van der Waals surface area contributed by atoms with Gasteiger partial charge in [0.15, 0.2) is 11.5 Å². The molecule has 1 amide bonds. The lowest BCUT2D eigenvalue weighted by atomic mass is 10.1. The lowest BCUT2D eigenvalue weighted by molar-refractivity contribution is -0.132. The average molecular weight is 428 g/mol. The third-order valence-corrected chi connectivity index (χ3v) is 5.22. The maximum atomic E-state index is 13.1. The van der Waals surface area contributed by atoms with E-state index in [1.54, 1.807) is 35.2 Å². The summed E-state index contributed by atoms with van der Waals surface area (Å²) in [5, 5.41) is 0.946. The van der Waals surface area contributed by atoms with Gasteiger partial charge < -0.3 is 19.4 Å². The van der Waals surface area contributed by atoms with E-state index in [0.717, 1.165) is 5.56 Å². The minimum Gasteiger partial charge on any atom is -0.486 e. The number of carbonyl (C=O) groups excluding carboxylic acids is 1. The van der Waals surface area contributed by atoms with Crippen LogP contribution in [-0.4, -0.2) is 40.0 Å². The van der Waals surface area contributed by atoms with Crippen LogP contribution in [0, 0.1) is 0 Å². The normalized spacial score (nSPS) is 12.9. The summed E-state index contributed by atoms with van der Waals surface area (Å²) < 4.78 is 11.1. The predicted octanol–water partition coefficient (Wildman–Crippen LogP) is 3.33. The highest BCUT2D eigenvalue weighted by Gasteiger charge is 2.22. The van der Waals surface area contributed by atoms with E-state index in [4.69, 9.17) is 21.1 Å². The van der Waals surface area contributed by atoms with E-state index in [-0.39, 0.29) is 30.5 Å². The SMILES string of the molecule is CC(C)N(Cc1nc2ccccc2c(=O)[nH]1)C(=O)Cc1cc(Cl)c2c(c1)OCCO2. The van der Waals surface area contributed by atoms with Crippen LogP contribution in [0.1, 0.15) is 25.2 Å². The van der Waals surface area contributed by atoms with Crippen LogP contribution >= 0.6 is 11.6 Å². The molecule has 30 heavy (non-hydrogen) atoms. The zero-order valence-corrected chi connectivity index (χ0v) is 17.5. The van der Waals surface area contributed by atoms with Crippen LogP contribution in [0.2, 0.25) is 5.02 Å². The number of benzene rings is 2. The number of carbonyl (C=O) groups is 1. The van der Waals surface area contributed by atoms with E-state index in [1.165, 1.54) is 0 Å². The maximum Gasteiger partial charge on any atom is 0.258 e. The second kappa shape index (κ2) is 8.36. The summed E-state index contributed by atoms with van der Waals surface area (Å²) in [6.45, 7) is 4.94. The number of amides is 1. The molecule has 3 aromatic rings. The fraction of sp³-hybridized carbons (Fsp3) is 0.318. The van der Waals surface area contributed by atoms with E-state index in [1.807, 2.05) is 19.9 Å². The van der Waals surface area contributed by atoms with Gasteiger partial charge >= 0.3 is 0 Å². The number of halogens is 1. The summed E-state index contributed by atoms with van der Waals surface area (Å²) >= 11 is 6.30. The van der Waals surface area contributed by atoms with E-state index >= 15 is 0 Å². The predicted molar refractivity (Wildman–Crippen MR) is 114 cm³/mol. The van der Waals surface area contributed by atoms with Gasteiger partial charge in [-0.2, -0.15) is 0 Å². The van der Waals surface area contributed by atoms with Crippen LogP contribution < -0.4 is 15.0 Å². The summed E-state index contributed by atoms with van der Waals surface area (Å²) in [4.78, 5) is 34.4. The van der Waals surface area contributed by atoms with Crippen molar-refractivity contribution in [3.05, 3.63) is 63.2 Å². The summed E-state index contributed by atoms with van der Waals surface area (Å²) in [5.74, 6) is 1.40. The first-order valence-corrected chi connectivity index (χ1v) is 10.2. The van der Waals surface area contributed by atoms with Gasteiger partial charge in [-0.25, -0.2) is 4.98 Å². The van der Waals surface area contributed by atoms with Gasteiger partial charge in [0.25, 0.3) is 5.56 Å². The smallest absolute Gasteiger partial charge is 0.258 e. The molecule has 156 valence electrons. The molecule has 8 heteroatoms. The maximum absolute atomic E-state index is 13.1. The highest BCUT2D eigenvalue weighted by atomic mass is 35.5. The Labute approximate surface area is 178 Å². The van der Waals surface area contributed by atoms with Crippen LogP contribution in [0.3, 0.4) is 0 Å². The van der Waals surface area contributed by atoms with E-state index < -0.39 is 0 Å². The molecule has 2 heterocycles. The number of aromatic amines is 1. The van der Waals surface area contributed by atoms with Crippen molar-refractivity contribution in [2.24, 2.45) is 0 Å². The number of ether oxygens (including phenoxy) is 2. The number of rotatable bonds is 5. The fourth-order valence-corrected chi connectivity index (χ4v) is 3.76. The molecule has 2 aromatic carbocycles. The Morgan fingerprint density at radius 2 is 2.00 bits per heavy atom. The zero-order valence-electron chi connectivity index (χ0n) is 16.8. The van der Waals surface area contributed by atoms with Gasteiger partial charge in [0.1, 0.15) is 19.0 Å². The molecule has 7 nitrogen and oxygen atoms in total. The summed E-state index contributed by atoms with van der Waals surface area (Å²) in [6.07, 6.45) is 0.145. The Morgan fingerprint density at radius 1 is 1.23 bits per heavy atom. The first-order chi connectivity index (χ1) is 14.4. The largest absolute Gasteiger partial charge is 0.486 e. The van der Waals surface area contributed by atoms with Crippen LogP contribution in [0.5, 0.6) is 11.5 Å². The molecule has 1 N–H and O–H groups in total. The zero-order chi connectivity index (χ0) is 21.3. The minimum absolute atomic E-state index is 0.0815. The van der Waals surface area contributed by atoms with Crippen molar-refractivity contribution in [3.63, 3.8) is 0 Å². The van der Waals surface area contributed by atoms with Crippen molar-refractivity contribution in [1.82, 2.24) is 14.9 Å². The van der Waals surface area contributed by atoms with Gasteiger partial charge in [-0.1, -0.05) is 23.7 Å². The number of nitrogens with zero attached hydrogens (tertiary/aromatic N) is 2. The quantitative estimate of drug-likeness (QED) is 0.675. The van der Waals surface area contributed by atoms with E-state index in [0.29, 0.717) is 46.5 Å². The standard InChI is InChI=1S/C22H22ClN3O4/c1-13(2)26(12-19-24-17-6-4-3-5-15(17)22(28)25-19)20(27)11-14-9-16(23)21-18(10-14)29-7-8-30-21/h3-6,9-10,13H,7-8,11-12H2,1-2H3,(H,24,25,28). The molecule has 0 radical (unpaired) electrons. The van der Waals surface area contributed by atoms with Crippen molar-refractivity contribution in [1.29, 1.82) is 0 Å². The van der Waals surface area contributed by atoms with Crippen LogP contribution in [0.25, 0.3) is 10.9 Å². The van der Waals surface area contributed by atoms with E-state index in [2.05, 4.69) is 9.97 Å². The number of aromatic nitrogens is 2. The Morgan fingerprint density at radius 3 is 2.80 bits per heavy atom. The lowest BCUT2D eigenvalue weighted by Crippen LogP contribution is -2.38. The highest BCUT2D eigenvalue weighted by Crippen LogP contribution is 2.38. The number of hydrogen-bond donors (Lipinski definition) is 1. The number of para-hydroxylation sites is 1. The summed E-state index contributed by atoms with van der Waals surface area (Å²) in [6, 6.07) is 10.6. The molecule has 0 unspecified atom stereocenters. The second-order valence-electron chi connectivity index (χ2n) is 7.42. The molecule has 4 rings (SSSR count).